The summed E-state index contributed by atoms with van der Waals surface area (Å²) < 4.78 is 7.56. The first-order chi connectivity index (χ1) is 16.0. The summed E-state index contributed by atoms with van der Waals surface area (Å²) in [6.45, 7) is 8.22. The predicted octanol–water partition coefficient (Wildman–Crippen LogP) is 4.02. The minimum absolute atomic E-state index is 0.0257. The number of hydrogen-bond acceptors (Lipinski definition) is 4. The lowest BCUT2D eigenvalue weighted by molar-refractivity contribution is -0.134. The molecule has 0 aromatic carbocycles. The average Bonchev–Trinajstić information content (AvgIpc) is 3.29. The summed E-state index contributed by atoms with van der Waals surface area (Å²) in [5.41, 5.74) is 1.28. The number of fused-ring (bicyclic) bond motifs is 3. The zero-order valence-electron chi connectivity index (χ0n) is 20.1. The molecule has 1 aliphatic carbocycles. The van der Waals surface area contributed by atoms with E-state index in [4.69, 9.17) is 4.42 Å². The zero-order valence-corrected chi connectivity index (χ0v) is 20.1. The van der Waals surface area contributed by atoms with Crippen LogP contribution in [0.15, 0.2) is 22.8 Å². The smallest absolute Gasteiger partial charge is 0.271 e. The fraction of sp³-hybridized carbons (Fsp3) is 0.692. The Morgan fingerprint density at radius 1 is 1.12 bits per heavy atom. The van der Waals surface area contributed by atoms with Crippen molar-refractivity contribution in [1.82, 2.24) is 19.7 Å². The van der Waals surface area contributed by atoms with Gasteiger partial charge in [-0.15, -0.1) is 0 Å². The number of likely N-dealkylation sites (tertiary alicyclic amines) is 1. The second-order valence-corrected chi connectivity index (χ2v) is 10.7. The third-order valence-electron chi connectivity index (χ3n) is 8.23. The molecule has 2 aromatic heterocycles. The zero-order chi connectivity index (χ0) is 23.0. The van der Waals surface area contributed by atoms with Gasteiger partial charge in [0.2, 0.25) is 5.91 Å². The lowest BCUT2D eigenvalue weighted by Crippen LogP contribution is -2.65. The third kappa shape index (κ3) is 4.32. The first-order valence-electron chi connectivity index (χ1n) is 12.9. The quantitative estimate of drug-likeness (QED) is 0.741. The third-order valence-corrected chi connectivity index (χ3v) is 8.23. The van der Waals surface area contributed by atoms with Gasteiger partial charge in [0.05, 0.1) is 18.3 Å². The Labute approximate surface area is 196 Å². The SMILES string of the molecule is CC1CCC(NC(=O)[C@]2(C)Cn3c(cc4occc43)C(=O)N2CCN2CCCCCC2)CC1. The number of carbonyl (C=O) groups is 2. The number of furan rings is 1. The number of rotatable bonds is 5. The van der Waals surface area contributed by atoms with Crippen LogP contribution in [0.2, 0.25) is 0 Å². The van der Waals surface area contributed by atoms with Crippen molar-refractivity contribution in [1.29, 1.82) is 0 Å². The van der Waals surface area contributed by atoms with Gasteiger partial charge in [-0.3, -0.25) is 9.59 Å². The molecule has 4 heterocycles. The summed E-state index contributed by atoms with van der Waals surface area (Å²) in [6, 6.07) is 3.92. The first-order valence-corrected chi connectivity index (χ1v) is 12.9. The van der Waals surface area contributed by atoms with Gasteiger partial charge in [0, 0.05) is 31.3 Å². The van der Waals surface area contributed by atoms with Crippen LogP contribution in [-0.4, -0.2) is 63.9 Å². The molecule has 3 aliphatic rings. The Balaban J connectivity index is 1.40. The average molecular weight is 455 g/mol. The highest BCUT2D eigenvalue weighted by Gasteiger charge is 2.48. The summed E-state index contributed by atoms with van der Waals surface area (Å²) in [6.07, 6.45) is 11.0. The maximum atomic E-state index is 13.8. The fourth-order valence-corrected chi connectivity index (χ4v) is 5.97. The molecular formula is C26H38N4O3. The van der Waals surface area contributed by atoms with Crippen LogP contribution in [0.25, 0.3) is 11.1 Å². The molecule has 0 radical (unpaired) electrons. The highest BCUT2D eigenvalue weighted by molar-refractivity contribution is 6.02. The molecule has 1 N–H and O–H groups in total. The minimum Gasteiger partial charge on any atom is -0.463 e. The van der Waals surface area contributed by atoms with E-state index in [0.717, 1.165) is 56.8 Å². The lowest BCUT2D eigenvalue weighted by Gasteiger charge is -2.45. The van der Waals surface area contributed by atoms with E-state index >= 15 is 0 Å². The van der Waals surface area contributed by atoms with Crippen LogP contribution in [-0.2, 0) is 11.3 Å². The van der Waals surface area contributed by atoms with Crippen molar-refractivity contribution in [2.24, 2.45) is 5.92 Å². The van der Waals surface area contributed by atoms with E-state index in [1.807, 2.05) is 28.5 Å². The van der Waals surface area contributed by atoms with Gasteiger partial charge >= 0.3 is 0 Å². The van der Waals surface area contributed by atoms with Crippen LogP contribution >= 0.6 is 0 Å². The van der Waals surface area contributed by atoms with Crippen molar-refractivity contribution in [2.75, 3.05) is 26.2 Å². The van der Waals surface area contributed by atoms with Crippen LogP contribution in [0.4, 0.5) is 0 Å². The second kappa shape index (κ2) is 9.16. The van der Waals surface area contributed by atoms with Gasteiger partial charge in [0.1, 0.15) is 11.2 Å². The molecule has 180 valence electrons. The van der Waals surface area contributed by atoms with Crippen LogP contribution in [0.1, 0.15) is 75.7 Å². The number of aromatic nitrogens is 1. The fourth-order valence-electron chi connectivity index (χ4n) is 5.97. The largest absolute Gasteiger partial charge is 0.463 e. The number of carbonyl (C=O) groups excluding carboxylic acids is 2. The van der Waals surface area contributed by atoms with Crippen LogP contribution in [0.3, 0.4) is 0 Å². The van der Waals surface area contributed by atoms with Gasteiger partial charge in [-0.2, -0.15) is 0 Å². The topological polar surface area (TPSA) is 70.7 Å². The van der Waals surface area contributed by atoms with Gasteiger partial charge in [-0.05, 0) is 64.5 Å². The second-order valence-electron chi connectivity index (χ2n) is 10.7. The first kappa shape index (κ1) is 22.5. The maximum absolute atomic E-state index is 13.8. The van der Waals surface area contributed by atoms with E-state index < -0.39 is 5.54 Å². The molecule has 2 aromatic rings. The van der Waals surface area contributed by atoms with E-state index in [-0.39, 0.29) is 17.9 Å². The van der Waals surface area contributed by atoms with Gasteiger partial charge < -0.3 is 24.1 Å². The highest BCUT2D eigenvalue weighted by atomic mass is 16.3. The van der Waals surface area contributed by atoms with E-state index in [1.54, 1.807) is 6.26 Å². The lowest BCUT2D eigenvalue weighted by atomic mass is 9.86. The van der Waals surface area contributed by atoms with Crippen molar-refractivity contribution in [3.05, 3.63) is 24.1 Å². The van der Waals surface area contributed by atoms with Gasteiger partial charge in [-0.25, -0.2) is 0 Å². The molecule has 0 unspecified atom stereocenters. The number of nitrogens with zero attached hydrogens (tertiary/aromatic N) is 3. The van der Waals surface area contributed by atoms with E-state index in [9.17, 15) is 9.59 Å². The number of amides is 2. The Kier molecular flexibility index (Phi) is 6.25. The van der Waals surface area contributed by atoms with Crippen molar-refractivity contribution in [3.63, 3.8) is 0 Å². The predicted molar refractivity (Wildman–Crippen MR) is 128 cm³/mol. The molecule has 7 nitrogen and oxygen atoms in total. The molecule has 0 bridgehead atoms. The molecule has 1 saturated heterocycles. The van der Waals surface area contributed by atoms with Crippen LogP contribution in [0.5, 0.6) is 0 Å². The summed E-state index contributed by atoms with van der Waals surface area (Å²) in [4.78, 5) is 31.8. The Hall–Kier alpha value is -2.28. The normalized spacial score (nSPS) is 29.2. The molecular weight excluding hydrogens is 416 g/mol. The maximum Gasteiger partial charge on any atom is 0.271 e. The Morgan fingerprint density at radius 3 is 2.58 bits per heavy atom. The molecule has 5 rings (SSSR count). The van der Waals surface area contributed by atoms with E-state index in [0.29, 0.717) is 24.4 Å². The molecule has 2 fully saturated rings. The van der Waals surface area contributed by atoms with Gasteiger partial charge in [0.25, 0.3) is 5.91 Å². The number of hydrogen-bond donors (Lipinski definition) is 1. The van der Waals surface area contributed by atoms with Crippen molar-refractivity contribution < 1.29 is 14.0 Å². The van der Waals surface area contributed by atoms with Crippen LogP contribution < -0.4 is 5.32 Å². The van der Waals surface area contributed by atoms with E-state index in [1.165, 1.54) is 25.7 Å². The van der Waals surface area contributed by atoms with Crippen molar-refractivity contribution >= 4 is 22.9 Å². The standard InChI is InChI=1S/C26H38N4O3/c1-19-7-9-20(10-8-19)27-25(32)26(2)18-29-21-11-16-33-23(21)17-22(29)24(31)30(26)15-14-28-12-5-3-4-6-13-28/h11,16-17,19-20H,3-10,12-15,18H2,1-2H3,(H,27,32)/t19?,20?,26-/m0/s1. The molecule has 2 amide bonds. The van der Waals surface area contributed by atoms with Crippen molar-refractivity contribution in [3.8, 4) is 0 Å². The monoisotopic (exact) mass is 454 g/mol. The molecule has 0 spiro atoms. The molecule has 1 atom stereocenters. The molecule has 1 saturated carbocycles. The van der Waals surface area contributed by atoms with E-state index in [2.05, 4.69) is 17.1 Å². The highest BCUT2D eigenvalue weighted by Crippen LogP contribution is 2.33. The number of nitrogens with one attached hydrogen (secondary N) is 1. The summed E-state index contributed by atoms with van der Waals surface area (Å²) in [7, 11) is 0. The van der Waals surface area contributed by atoms with Crippen molar-refractivity contribution in [2.45, 2.75) is 83.3 Å². The van der Waals surface area contributed by atoms with Gasteiger partial charge in [0.15, 0.2) is 5.58 Å². The molecule has 2 aliphatic heterocycles. The summed E-state index contributed by atoms with van der Waals surface area (Å²) in [5.74, 6) is 0.631. The Morgan fingerprint density at radius 2 is 1.85 bits per heavy atom. The summed E-state index contributed by atoms with van der Waals surface area (Å²) in [5, 5.41) is 3.33. The molecule has 33 heavy (non-hydrogen) atoms. The minimum atomic E-state index is -0.928. The molecule has 7 heteroatoms. The van der Waals surface area contributed by atoms with Gasteiger partial charge in [-0.1, -0.05) is 19.8 Å². The van der Waals surface area contributed by atoms with Crippen LogP contribution in [0, 0.1) is 5.92 Å². The summed E-state index contributed by atoms with van der Waals surface area (Å²) >= 11 is 0. The Bertz CT molecular complexity index is 995.